The first-order valence-electron chi connectivity index (χ1n) is 11.6. The molecule has 0 aliphatic carbocycles. The molecule has 0 fully saturated rings. The molecular weight excluding hydrogens is 528 g/mol. The summed E-state index contributed by atoms with van der Waals surface area (Å²) >= 11 is 12.3. The Morgan fingerprint density at radius 1 is 1.08 bits per heavy atom. The fourth-order valence-corrected chi connectivity index (χ4v) is 4.93. The van der Waals surface area contributed by atoms with Crippen LogP contribution in [0.15, 0.2) is 42.5 Å². The average Bonchev–Trinajstić information content (AvgIpc) is 2.80. The summed E-state index contributed by atoms with van der Waals surface area (Å²) in [5.74, 6) is -1.12. The van der Waals surface area contributed by atoms with Gasteiger partial charge in [-0.05, 0) is 68.7 Å². The average molecular weight is 561 g/mol. The predicted octanol–water partition coefficient (Wildman–Crippen LogP) is 5.01. The van der Waals surface area contributed by atoms with Crippen LogP contribution in [0.25, 0.3) is 0 Å². The first-order valence-corrected chi connectivity index (χ1v) is 14.2. The zero-order valence-electron chi connectivity index (χ0n) is 20.8. The third-order valence-electron chi connectivity index (χ3n) is 5.79. The molecule has 11 heteroatoms. The van der Waals surface area contributed by atoms with Crippen molar-refractivity contribution in [2.75, 3.05) is 17.1 Å². The number of nitrogens with one attached hydrogen (secondary N) is 1. The highest BCUT2D eigenvalue weighted by molar-refractivity contribution is 7.92. The number of benzene rings is 2. The number of halogens is 3. The molecule has 2 aromatic carbocycles. The van der Waals surface area contributed by atoms with Crippen molar-refractivity contribution in [1.82, 2.24) is 10.2 Å². The van der Waals surface area contributed by atoms with Crippen LogP contribution in [0.2, 0.25) is 10.0 Å². The van der Waals surface area contributed by atoms with Crippen LogP contribution in [0.1, 0.15) is 45.6 Å². The van der Waals surface area contributed by atoms with E-state index in [4.69, 9.17) is 23.2 Å². The lowest BCUT2D eigenvalue weighted by Crippen LogP contribution is -2.49. The molecule has 1 N–H and O–H groups in total. The van der Waals surface area contributed by atoms with E-state index >= 15 is 0 Å². The van der Waals surface area contributed by atoms with E-state index < -0.39 is 21.9 Å². The van der Waals surface area contributed by atoms with Gasteiger partial charge in [0.25, 0.3) is 0 Å². The fraction of sp³-hybridized carbons (Fsp3) is 0.440. The first-order chi connectivity index (χ1) is 16.8. The molecule has 0 aliphatic heterocycles. The van der Waals surface area contributed by atoms with Gasteiger partial charge in [-0.15, -0.1) is 0 Å². The summed E-state index contributed by atoms with van der Waals surface area (Å²) in [5, 5.41) is 3.71. The Kier molecular flexibility index (Phi) is 11.0. The van der Waals surface area contributed by atoms with Gasteiger partial charge in [0, 0.05) is 35.6 Å². The summed E-state index contributed by atoms with van der Waals surface area (Å²) < 4.78 is 39.1. The molecule has 2 aromatic rings. The molecule has 0 unspecified atom stereocenters. The van der Waals surface area contributed by atoms with Gasteiger partial charge in [-0.3, -0.25) is 13.9 Å². The second-order valence-electron chi connectivity index (χ2n) is 8.67. The highest BCUT2D eigenvalue weighted by atomic mass is 35.5. The minimum Gasteiger partial charge on any atom is -0.352 e. The summed E-state index contributed by atoms with van der Waals surface area (Å²) in [6.07, 6.45) is 1.96. The number of sulfonamides is 1. The Labute approximate surface area is 222 Å². The van der Waals surface area contributed by atoms with Crippen LogP contribution in [-0.2, 0) is 26.2 Å². The molecule has 0 heterocycles. The molecule has 2 atom stereocenters. The third-order valence-corrected chi connectivity index (χ3v) is 7.57. The number of amides is 2. The van der Waals surface area contributed by atoms with E-state index in [0.29, 0.717) is 21.3 Å². The standard InChI is InChI=1S/C25H32Cl2FN3O4S/c1-5-17(2)29-25(33)18(3)30(16-19-8-9-20(26)15-23(19)27)24(32)7-6-14-31(36(4,34)35)22-12-10-21(28)11-13-22/h8-13,15,17-18H,5-7,14,16H2,1-4H3,(H,29,33)/t17-,18-/m0/s1. The molecule has 0 aliphatic rings. The van der Waals surface area contributed by atoms with E-state index in [1.807, 2.05) is 13.8 Å². The summed E-state index contributed by atoms with van der Waals surface area (Å²) in [6, 6.07) is 9.16. The molecule has 198 valence electrons. The highest BCUT2D eigenvalue weighted by Gasteiger charge is 2.27. The van der Waals surface area contributed by atoms with Gasteiger partial charge in [0.05, 0.1) is 11.9 Å². The second kappa shape index (κ2) is 13.3. The quantitative estimate of drug-likeness (QED) is 0.396. The number of carbonyl (C=O) groups is 2. The van der Waals surface area contributed by atoms with Gasteiger partial charge >= 0.3 is 0 Å². The largest absolute Gasteiger partial charge is 0.352 e. The van der Waals surface area contributed by atoms with Crippen molar-refractivity contribution >= 4 is 50.7 Å². The van der Waals surface area contributed by atoms with Gasteiger partial charge in [0.1, 0.15) is 11.9 Å². The monoisotopic (exact) mass is 559 g/mol. The number of hydrogen-bond donors (Lipinski definition) is 1. The van der Waals surface area contributed by atoms with Crippen molar-refractivity contribution < 1.29 is 22.4 Å². The van der Waals surface area contributed by atoms with Gasteiger partial charge < -0.3 is 10.2 Å². The topological polar surface area (TPSA) is 86.8 Å². The number of anilines is 1. The fourth-order valence-electron chi connectivity index (χ4n) is 3.49. The van der Waals surface area contributed by atoms with Crippen LogP contribution in [0.4, 0.5) is 10.1 Å². The molecule has 0 saturated carbocycles. The lowest BCUT2D eigenvalue weighted by Gasteiger charge is -2.30. The van der Waals surface area contributed by atoms with Gasteiger partial charge in [-0.1, -0.05) is 36.2 Å². The second-order valence-corrected chi connectivity index (χ2v) is 11.4. The smallest absolute Gasteiger partial charge is 0.242 e. The lowest BCUT2D eigenvalue weighted by molar-refractivity contribution is -0.140. The van der Waals surface area contributed by atoms with Crippen molar-refractivity contribution in [2.45, 2.75) is 58.7 Å². The maximum absolute atomic E-state index is 13.3. The Balaban J connectivity index is 2.20. The molecule has 36 heavy (non-hydrogen) atoms. The Morgan fingerprint density at radius 2 is 1.72 bits per heavy atom. The normalized spacial score (nSPS) is 13.1. The van der Waals surface area contributed by atoms with Crippen molar-refractivity contribution in [2.24, 2.45) is 0 Å². The predicted molar refractivity (Wildman–Crippen MR) is 142 cm³/mol. The van der Waals surface area contributed by atoms with Crippen LogP contribution < -0.4 is 9.62 Å². The molecule has 0 bridgehead atoms. The molecule has 0 aromatic heterocycles. The van der Waals surface area contributed by atoms with Gasteiger partial charge in [0.2, 0.25) is 21.8 Å². The minimum absolute atomic E-state index is 0.0131. The third kappa shape index (κ3) is 8.64. The maximum atomic E-state index is 13.3. The van der Waals surface area contributed by atoms with E-state index in [1.54, 1.807) is 25.1 Å². The van der Waals surface area contributed by atoms with Crippen molar-refractivity contribution in [3.63, 3.8) is 0 Å². The van der Waals surface area contributed by atoms with Gasteiger partial charge in [-0.2, -0.15) is 0 Å². The van der Waals surface area contributed by atoms with E-state index in [9.17, 15) is 22.4 Å². The molecule has 2 amide bonds. The van der Waals surface area contributed by atoms with Crippen molar-refractivity contribution in [3.8, 4) is 0 Å². The molecule has 0 spiro atoms. The lowest BCUT2D eigenvalue weighted by atomic mass is 10.1. The molecule has 2 rings (SSSR count). The van der Waals surface area contributed by atoms with E-state index in [1.165, 1.54) is 29.2 Å². The summed E-state index contributed by atoms with van der Waals surface area (Å²) in [4.78, 5) is 27.6. The van der Waals surface area contributed by atoms with Crippen LogP contribution in [0.5, 0.6) is 0 Å². The van der Waals surface area contributed by atoms with Crippen LogP contribution >= 0.6 is 23.2 Å². The summed E-state index contributed by atoms with van der Waals surface area (Å²) in [6.45, 7) is 5.56. The van der Waals surface area contributed by atoms with Crippen LogP contribution in [0, 0.1) is 5.82 Å². The molecular formula is C25H32Cl2FN3O4S. The Bertz CT molecular complexity index is 1160. The number of hydrogen-bond acceptors (Lipinski definition) is 4. The van der Waals surface area contributed by atoms with Gasteiger partial charge in [0.15, 0.2) is 0 Å². The van der Waals surface area contributed by atoms with Crippen LogP contribution in [0.3, 0.4) is 0 Å². The molecule has 0 saturated heterocycles. The summed E-state index contributed by atoms with van der Waals surface area (Å²) in [5.41, 5.74) is 0.930. The number of nitrogens with zero attached hydrogens (tertiary/aromatic N) is 2. The zero-order chi connectivity index (χ0) is 27.0. The molecule has 7 nitrogen and oxygen atoms in total. The maximum Gasteiger partial charge on any atom is 0.242 e. The summed E-state index contributed by atoms with van der Waals surface area (Å²) in [7, 11) is -3.66. The molecule has 0 radical (unpaired) electrons. The van der Waals surface area contributed by atoms with E-state index in [2.05, 4.69) is 5.32 Å². The van der Waals surface area contributed by atoms with Gasteiger partial charge in [-0.25, -0.2) is 12.8 Å². The first kappa shape index (κ1) is 29.9. The number of carbonyl (C=O) groups excluding carboxylic acids is 2. The van der Waals surface area contributed by atoms with Crippen molar-refractivity contribution in [3.05, 3.63) is 63.9 Å². The zero-order valence-corrected chi connectivity index (χ0v) is 23.1. The SMILES string of the molecule is CC[C@H](C)NC(=O)[C@H](C)N(Cc1ccc(Cl)cc1Cl)C(=O)CCCN(c1ccc(F)cc1)S(C)(=O)=O. The highest BCUT2D eigenvalue weighted by Crippen LogP contribution is 2.24. The van der Waals surface area contributed by atoms with Crippen molar-refractivity contribution in [1.29, 1.82) is 0 Å². The Hall–Kier alpha value is -2.36. The Morgan fingerprint density at radius 3 is 2.28 bits per heavy atom. The minimum atomic E-state index is -3.66. The van der Waals surface area contributed by atoms with E-state index in [-0.39, 0.29) is 43.8 Å². The number of rotatable bonds is 12. The van der Waals surface area contributed by atoms with E-state index in [0.717, 1.165) is 17.0 Å². The van der Waals surface area contributed by atoms with Crippen LogP contribution in [-0.4, -0.2) is 50.0 Å².